The van der Waals surface area contributed by atoms with Crippen molar-refractivity contribution in [2.24, 2.45) is 21.5 Å². The van der Waals surface area contributed by atoms with E-state index in [2.05, 4.69) is 9.98 Å². The molecule has 10 heteroatoms. The van der Waals surface area contributed by atoms with Gasteiger partial charge < -0.3 is 39.9 Å². The predicted molar refractivity (Wildman–Crippen MR) is 124 cm³/mol. The molecule has 0 saturated carbocycles. The van der Waals surface area contributed by atoms with Crippen LogP contribution in [-0.4, -0.2) is 118 Å². The second-order valence-electron chi connectivity index (χ2n) is 6.36. The van der Waals surface area contributed by atoms with Gasteiger partial charge in [-0.15, -0.1) is 0 Å². The molecular weight excluding hydrogens is 404 g/mol. The molecule has 0 unspecified atom stereocenters. The van der Waals surface area contributed by atoms with Crippen LogP contribution in [0.2, 0.25) is 0 Å². The molecule has 0 radical (unpaired) electrons. The van der Waals surface area contributed by atoms with Gasteiger partial charge in [-0.1, -0.05) is 0 Å². The molecule has 0 saturated heterocycles. The average Bonchev–Trinajstić information content (AvgIpc) is 2.78. The highest BCUT2D eigenvalue weighted by molar-refractivity contribution is 5.60. The molecule has 0 aliphatic carbocycles. The van der Waals surface area contributed by atoms with Crippen LogP contribution in [0.5, 0.6) is 0 Å². The largest absolute Gasteiger partial charge is 0.378 e. The molecule has 0 aliphatic heterocycles. The summed E-state index contributed by atoms with van der Waals surface area (Å²) in [7, 11) is 0. The van der Waals surface area contributed by atoms with Crippen LogP contribution in [0.15, 0.2) is 9.98 Å². The molecule has 0 aliphatic rings. The Morgan fingerprint density at radius 3 is 1.13 bits per heavy atom. The van der Waals surface area contributed by atoms with E-state index < -0.39 is 0 Å². The quantitative estimate of drug-likeness (QED) is 0.143. The molecule has 0 atom stereocenters. The first-order valence-corrected chi connectivity index (χ1v) is 11.2. The Labute approximate surface area is 187 Å². The number of unbranched alkanes of at least 4 members (excludes halogenated alkanes) is 2. The third-order valence-corrected chi connectivity index (χ3v) is 3.67. The molecular formula is C21H44N4O6. The zero-order valence-corrected chi connectivity index (χ0v) is 19.1. The van der Waals surface area contributed by atoms with Gasteiger partial charge in [0.1, 0.15) is 0 Å². The van der Waals surface area contributed by atoms with Crippen molar-refractivity contribution < 1.29 is 28.4 Å². The number of nitrogens with two attached hydrogens (primary N) is 2. The molecule has 4 N–H and O–H groups in total. The predicted octanol–water partition coefficient (Wildman–Crippen LogP) is 0.315. The minimum atomic E-state index is 0.539. The lowest BCUT2D eigenvalue weighted by Gasteiger charge is -2.05. The van der Waals surface area contributed by atoms with Crippen molar-refractivity contribution >= 4 is 12.4 Å². The Kier molecular flexibility index (Phi) is 28.1. The fourth-order valence-electron chi connectivity index (χ4n) is 2.15. The van der Waals surface area contributed by atoms with Gasteiger partial charge in [-0.05, 0) is 31.7 Å². The van der Waals surface area contributed by atoms with E-state index in [1.165, 1.54) is 0 Å². The molecule has 31 heavy (non-hydrogen) atoms. The molecule has 10 nitrogen and oxygen atoms in total. The first kappa shape index (κ1) is 30.0. The molecule has 0 rings (SSSR count). The Morgan fingerprint density at radius 1 is 0.452 bits per heavy atom. The summed E-state index contributed by atoms with van der Waals surface area (Å²) in [6.45, 7) is 9.36. The van der Waals surface area contributed by atoms with Crippen LogP contribution >= 0.6 is 0 Å². The first-order valence-electron chi connectivity index (χ1n) is 11.2. The van der Waals surface area contributed by atoms with Crippen LogP contribution in [0, 0.1) is 0 Å². The number of ether oxygens (including phenoxy) is 6. The fraction of sp³-hybridized carbons (Fsp3) is 0.905. The van der Waals surface area contributed by atoms with Crippen LogP contribution in [0.3, 0.4) is 0 Å². The standard InChI is InChI=1S/C21H44N4O6/c22-4-10-26-14-18-30-20-16-28-12-8-24-6-2-1-3-7-25-9-13-29-17-21-31-19-15-27-11-5-23/h6-7H,1-5,8-23H2/b24-6+,25-7+. The smallest absolute Gasteiger partial charge is 0.0701 e. The summed E-state index contributed by atoms with van der Waals surface area (Å²) in [5.41, 5.74) is 10.6. The van der Waals surface area contributed by atoms with Crippen molar-refractivity contribution in [3.05, 3.63) is 0 Å². The zero-order valence-electron chi connectivity index (χ0n) is 19.1. The maximum Gasteiger partial charge on any atom is 0.0701 e. The molecule has 0 fully saturated rings. The summed E-state index contributed by atoms with van der Waals surface area (Å²) < 4.78 is 32.0. The second-order valence-corrected chi connectivity index (χ2v) is 6.36. The SMILES string of the molecule is NCCOCCOCCOCC/N=C/CCC/C=N/CCOCCOCCOCCN. The summed E-state index contributed by atoms with van der Waals surface area (Å²) in [5, 5.41) is 0. The van der Waals surface area contributed by atoms with Crippen LogP contribution in [-0.2, 0) is 28.4 Å². The van der Waals surface area contributed by atoms with Crippen molar-refractivity contribution in [2.75, 3.05) is 105 Å². The van der Waals surface area contributed by atoms with Crippen molar-refractivity contribution in [1.82, 2.24) is 0 Å². The van der Waals surface area contributed by atoms with Gasteiger partial charge in [-0.25, -0.2) is 0 Å². The normalized spacial score (nSPS) is 11.9. The van der Waals surface area contributed by atoms with Gasteiger partial charge in [0.05, 0.1) is 92.4 Å². The lowest BCUT2D eigenvalue weighted by molar-refractivity contribution is 0.0175. The van der Waals surface area contributed by atoms with E-state index in [4.69, 9.17) is 39.9 Å². The van der Waals surface area contributed by atoms with Crippen LogP contribution in [0.4, 0.5) is 0 Å². The van der Waals surface area contributed by atoms with E-state index in [0.717, 1.165) is 19.3 Å². The van der Waals surface area contributed by atoms with E-state index in [-0.39, 0.29) is 0 Å². The third kappa shape index (κ3) is 29.0. The van der Waals surface area contributed by atoms with Crippen LogP contribution in [0.25, 0.3) is 0 Å². The summed E-state index contributed by atoms with van der Waals surface area (Å²) in [6.07, 6.45) is 6.83. The lowest BCUT2D eigenvalue weighted by atomic mass is 10.2. The van der Waals surface area contributed by atoms with E-state index in [0.29, 0.717) is 105 Å². The third-order valence-electron chi connectivity index (χ3n) is 3.67. The monoisotopic (exact) mass is 448 g/mol. The van der Waals surface area contributed by atoms with Gasteiger partial charge in [0.15, 0.2) is 0 Å². The highest BCUT2D eigenvalue weighted by Crippen LogP contribution is 1.91. The van der Waals surface area contributed by atoms with E-state index in [9.17, 15) is 0 Å². The number of hydrogen-bond acceptors (Lipinski definition) is 10. The van der Waals surface area contributed by atoms with E-state index in [1.54, 1.807) is 0 Å². The van der Waals surface area contributed by atoms with Gasteiger partial charge >= 0.3 is 0 Å². The molecule has 0 bridgehead atoms. The van der Waals surface area contributed by atoms with Gasteiger partial charge in [-0.2, -0.15) is 0 Å². The molecule has 0 aromatic rings. The highest BCUT2D eigenvalue weighted by atomic mass is 16.5. The molecule has 0 heterocycles. The average molecular weight is 449 g/mol. The maximum atomic E-state index is 5.44. The minimum absolute atomic E-state index is 0.539. The van der Waals surface area contributed by atoms with Gasteiger partial charge in [0, 0.05) is 13.1 Å². The fourth-order valence-corrected chi connectivity index (χ4v) is 2.15. The Bertz CT molecular complexity index is 355. The first-order chi connectivity index (χ1) is 15.4. The zero-order chi connectivity index (χ0) is 22.5. The highest BCUT2D eigenvalue weighted by Gasteiger charge is 1.92. The number of hydrogen-bond donors (Lipinski definition) is 2. The van der Waals surface area contributed by atoms with Crippen LogP contribution in [0.1, 0.15) is 19.3 Å². The molecule has 0 amide bonds. The summed E-state index contributed by atoms with van der Waals surface area (Å²) in [4.78, 5) is 8.66. The Balaban J connectivity index is 3.14. The van der Waals surface area contributed by atoms with Crippen molar-refractivity contribution in [2.45, 2.75) is 19.3 Å². The van der Waals surface area contributed by atoms with E-state index >= 15 is 0 Å². The Morgan fingerprint density at radius 2 is 0.774 bits per heavy atom. The minimum Gasteiger partial charge on any atom is -0.378 e. The topological polar surface area (TPSA) is 132 Å². The molecule has 0 aromatic heterocycles. The van der Waals surface area contributed by atoms with Crippen LogP contribution < -0.4 is 11.5 Å². The number of nitrogens with zero attached hydrogens (tertiary/aromatic N) is 2. The van der Waals surface area contributed by atoms with Crippen molar-refractivity contribution in [1.29, 1.82) is 0 Å². The van der Waals surface area contributed by atoms with Crippen molar-refractivity contribution in [3.8, 4) is 0 Å². The summed E-state index contributed by atoms with van der Waals surface area (Å²) in [5.74, 6) is 0. The van der Waals surface area contributed by atoms with Gasteiger partial charge in [0.25, 0.3) is 0 Å². The number of rotatable bonds is 26. The summed E-state index contributed by atoms with van der Waals surface area (Å²) >= 11 is 0. The maximum absolute atomic E-state index is 5.44. The Hall–Kier alpha value is -0.980. The van der Waals surface area contributed by atoms with E-state index in [1.807, 2.05) is 12.4 Å². The summed E-state index contributed by atoms with van der Waals surface area (Å²) in [6, 6.07) is 0. The molecule has 0 spiro atoms. The molecule has 0 aromatic carbocycles. The van der Waals surface area contributed by atoms with Crippen molar-refractivity contribution in [3.63, 3.8) is 0 Å². The van der Waals surface area contributed by atoms with Gasteiger partial charge in [-0.3, -0.25) is 9.98 Å². The lowest BCUT2D eigenvalue weighted by Crippen LogP contribution is -2.14. The second kappa shape index (κ2) is 29.0. The number of aliphatic imine (C=N–C) groups is 2. The van der Waals surface area contributed by atoms with Gasteiger partial charge in [0.2, 0.25) is 0 Å². The molecule has 184 valence electrons.